The van der Waals surface area contributed by atoms with E-state index in [1.165, 1.54) is 12.8 Å². The normalized spacial score (nSPS) is 23.3. The zero-order valence-corrected chi connectivity index (χ0v) is 11.7. The van der Waals surface area contributed by atoms with Crippen LogP contribution < -0.4 is 5.73 Å². The smallest absolute Gasteiger partial charge is 0.223 e. The molecule has 1 amide bonds. The van der Waals surface area contributed by atoms with Crippen LogP contribution in [0.2, 0.25) is 0 Å². The molecule has 2 rings (SSSR count). The van der Waals surface area contributed by atoms with Crippen molar-refractivity contribution >= 4 is 5.91 Å². The second kappa shape index (κ2) is 6.75. The predicted octanol–water partition coefficient (Wildman–Crippen LogP) is 2.19. The van der Waals surface area contributed by atoms with Gasteiger partial charge in [-0.25, -0.2) is 0 Å². The lowest BCUT2D eigenvalue weighted by molar-refractivity contribution is -0.133. The number of aryl methyl sites for hydroxylation is 1. The van der Waals surface area contributed by atoms with Gasteiger partial charge in [-0.1, -0.05) is 12.8 Å². The number of hydrogen-bond acceptors (Lipinski definition) is 3. The first-order chi connectivity index (χ1) is 9.22. The standard InChI is InChI=1S/C15H24N2O2/c1-17(14-7-3-2-5-12(14)11-16)15(18)9-8-13-6-4-10-19-13/h4,6,10,12,14H,2-3,5,7-9,11,16H2,1H3. The van der Waals surface area contributed by atoms with E-state index in [2.05, 4.69) is 0 Å². The van der Waals surface area contributed by atoms with E-state index >= 15 is 0 Å². The maximum absolute atomic E-state index is 12.2. The maximum atomic E-state index is 12.2. The topological polar surface area (TPSA) is 59.5 Å². The SMILES string of the molecule is CN(C(=O)CCc1ccco1)C1CCCCC1CN. The van der Waals surface area contributed by atoms with Crippen LogP contribution >= 0.6 is 0 Å². The Labute approximate surface area is 114 Å². The summed E-state index contributed by atoms with van der Waals surface area (Å²) in [7, 11) is 1.92. The summed E-state index contributed by atoms with van der Waals surface area (Å²) in [6.07, 6.45) is 7.52. The molecule has 0 aromatic carbocycles. The number of rotatable bonds is 5. The highest BCUT2D eigenvalue weighted by atomic mass is 16.3. The molecule has 19 heavy (non-hydrogen) atoms. The van der Waals surface area contributed by atoms with E-state index in [1.54, 1.807) is 6.26 Å². The third kappa shape index (κ3) is 3.60. The minimum Gasteiger partial charge on any atom is -0.469 e. The molecular formula is C15H24N2O2. The molecule has 1 aromatic heterocycles. The predicted molar refractivity (Wildman–Crippen MR) is 74.6 cm³/mol. The fourth-order valence-corrected chi connectivity index (χ4v) is 3.02. The van der Waals surface area contributed by atoms with Gasteiger partial charge in [0.25, 0.3) is 0 Å². The summed E-state index contributed by atoms with van der Waals surface area (Å²) >= 11 is 0. The highest BCUT2D eigenvalue weighted by Gasteiger charge is 2.29. The molecule has 4 nitrogen and oxygen atoms in total. The Balaban J connectivity index is 1.86. The summed E-state index contributed by atoms with van der Waals surface area (Å²) < 4.78 is 5.26. The minimum absolute atomic E-state index is 0.196. The lowest BCUT2D eigenvalue weighted by Crippen LogP contribution is -2.45. The van der Waals surface area contributed by atoms with E-state index in [9.17, 15) is 4.79 Å². The van der Waals surface area contributed by atoms with Crippen LogP contribution in [0.1, 0.15) is 37.9 Å². The number of carbonyl (C=O) groups excluding carboxylic acids is 1. The first kappa shape index (κ1) is 14.1. The van der Waals surface area contributed by atoms with Gasteiger partial charge in [0.1, 0.15) is 5.76 Å². The van der Waals surface area contributed by atoms with Gasteiger partial charge in [-0.05, 0) is 37.4 Å². The van der Waals surface area contributed by atoms with Crippen molar-refractivity contribution in [2.45, 2.75) is 44.6 Å². The van der Waals surface area contributed by atoms with Crippen molar-refractivity contribution in [2.24, 2.45) is 11.7 Å². The Kier molecular flexibility index (Phi) is 5.02. The fourth-order valence-electron chi connectivity index (χ4n) is 3.02. The first-order valence-electron chi connectivity index (χ1n) is 7.20. The van der Waals surface area contributed by atoms with Crippen LogP contribution in [0.3, 0.4) is 0 Å². The highest BCUT2D eigenvalue weighted by molar-refractivity contribution is 5.76. The van der Waals surface area contributed by atoms with E-state index in [-0.39, 0.29) is 5.91 Å². The van der Waals surface area contributed by atoms with Crippen LogP contribution in [-0.4, -0.2) is 30.4 Å². The van der Waals surface area contributed by atoms with Crippen molar-refractivity contribution in [1.82, 2.24) is 4.90 Å². The van der Waals surface area contributed by atoms with E-state index in [0.717, 1.165) is 18.6 Å². The van der Waals surface area contributed by atoms with Crippen LogP contribution in [-0.2, 0) is 11.2 Å². The minimum atomic E-state index is 0.196. The van der Waals surface area contributed by atoms with Crippen molar-refractivity contribution < 1.29 is 9.21 Å². The molecule has 4 heteroatoms. The lowest BCUT2D eigenvalue weighted by Gasteiger charge is -2.37. The highest BCUT2D eigenvalue weighted by Crippen LogP contribution is 2.27. The number of amides is 1. The third-order valence-electron chi connectivity index (χ3n) is 4.23. The Morgan fingerprint density at radius 2 is 2.26 bits per heavy atom. The number of nitrogens with two attached hydrogens (primary N) is 1. The molecule has 0 bridgehead atoms. The zero-order chi connectivity index (χ0) is 13.7. The van der Waals surface area contributed by atoms with Crippen molar-refractivity contribution in [3.8, 4) is 0 Å². The number of carbonyl (C=O) groups is 1. The first-order valence-corrected chi connectivity index (χ1v) is 7.20. The number of nitrogens with zero attached hydrogens (tertiary/aromatic N) is 1. The van der Waals surface area contributed by atoms with Crippen molar-refractivity contribution in [2.75, 3.05) is 13.6 Å². The van der Waals surface area contributed by atoms with Gasteiger partial charge in [0.15, 0.2) is 0 Å². The molecule has 2 unspecified atom stereocenters. The van der Waals surface area contributed by atoms with Gasteiger partial charge in [-0.3, -0.25) is 4.79 Å². The summed E-state index contributed by atoms with van der Waals surface area (Å²) in [6.45, 7) is 0.681. The van der Waals surface area contributed by atoms with Gasteiger partial charge in [0.05, 0.1) is 6.26 Å². The summed E-state index contributed by atoms with van der Waals surface area (Å²) in [5.41, 5.74) is 5.83. The summed E-state index contributed by atoms with van der Waals surface area (Å²) in [4.78, 5) is 14.2. The van der Waals surface area contributed by atoms with Gasteiger partial charge < -0.3 is 15.1 Å². The van der Waals surface area contributed by atoms with Crippen molar-refractivity contribution in [1.29, 1.82) is 0 Å². The molecule has 1 aliphatic rings. The molecule has 1 heterocycles. The molecule has 0 aliphatic heterocycles. The van der Waals surface area contributed by atoms with Gasteiger partial charge in [0.2, 0.25) is 5.91 Å². The zero-order valence-electron chi connectivity index (χ0n) is 11.7. The average Bonchev–Trinajstić information content (AvgIpc) is 2.97. The van der Waals surface area contributed by atoms with Crippen molar-refractivity contribution in [3.05, 3.63) is 24.2 Å². The Morgan fingerprint density at radius 1 is 1.47 bits per heavy atom. The fraction of sp³-hybridized carbons (Fsp3) is 0.667. The second-order valence-corrected chi connectivity index (χ2v) is 5.43. The van der Waals surface area contributed by atoms with Gasteiger partial charge >= 0.3 is 0 Å². The Hall–Kier alpha value is -1.29. The summed E-state index contributed by atoms with van der Waals surface area (Å²) in [6, 6.07) is 4.09. The Morgan fingerprint density at radius 3 is 2.95 bits per heavy atom. The Bertz CT molecular complexity index is 389. The molecular weight excluding hydrogens is 240 g/mol. The van der Waals surface area contributed by atoms with Gasteiger partial charge in [0, 0.05) is 25.9 Å². The van der Waals surface area contributed by atoms with E-state index in [1.807, 2.05) is 24.1 Å². The van der Waals surface area contributed by atoms with Crippen LogP contribution in [0.5, 0.6) is 0 Å². The van der Waals surface area contributed by atoms with Crippen molar-refractivity contribution in [3.63, 3.8) is 0 Å². The molecule has 2 N–H and O–H groups in total. The lowest BCUT2D eigenvalue weighted by atomic mass is 9.83. The number of hydrogen-bond donors (Lipinski definition) is 1. The molecule has 1 saturated carbocycles. The largest absolute Gasteiger partial charge is 0.469 e. The van der Waals surface area contributed by atoms with Crippen LogP contribution in [0, 0.1) is 5.92 Å². The van der Waals surface area contributed by atoms with Gasteiger partial charge in [-0.15, -0.1) is 0 Å². The quantitative estimate of drug-likeness (QED) is 0.886. The second-order valence-electron chi connectivity index (χ2n) is 5.43. The average molecular weight is 264 g/mol. The molecule has 1 aromatic rings. The molecule has 1 fully saturated rings. The van der Waals surface area contributed by atoms with E-state index in [0.29, 0.717) is 31.3 Å². The summed E-state index contributed by atoms with van der Waals surface area (Å²) in [5, 5.41) is 0. The monoisotopic (exact) mass is 264 g/mol. The third-order valence-corrected chi connectivity index (χ3v) is 4.23. The van der Waals surface area contributed by atoms with E-state index in [4.69, 9.17) is 10.2 Å². The molecule has 106 valence electrons. The molecule has 0 saturated heterocycles. The molecule has 0 radical (unpaired) electrons. The van der Waals surface area contributed by atoms with Gasteiger partial charge in [-0.2, -0.15) is 0 Å². The van der Waals surface area contributed by atoms with Crippen LogP contribution in [0.25, 0.3) is 0 Å². The molecule has 2 atom stereocenters. The van der Waals surface area contributed by atoms with Crippen LogP contribution in [0.15, 0.2) is 22.8 Å². The molecule has 1 aliphatic carbocycles. The summed E-state index contributed by atoms with van der Waals surface area (Å²) in [5.74, 6) is 1.54. The maximum Gasteiger partial charge on any atom is 0.223 e. The molecule has 0 spiro atoms. The van der Waals surface area contributed by atoms with Crippen LogP contribution in [0.4, 0.5) is 0 Å². The number of furan rings is 1. The van der Waals surface area contributed by atoms with E-state index < -0.39 is 0 Å².